The van der Waals surface area contributed by atoms with Crippen molar-refractivity contribution >= 4 is 23.4 Å². The van der Waals surface area contributed by atoms with Crippen molar-refractivity contribution in [3.63, 3.8) is 0 Å². The van der Waals surface area contributed by atoms with Crippen LogP contribution in [-0.4, -0.2) is 34.1 Å². The highest BCUT2D eigenvalue weighted by Gasteiger charge is 2.17. The van der Waals surface area contributed by atoms with Gasteiger partial charge in [-0.1, -0.05) is 0 Å². The van der Waals surface area contributed by atoms with Crippen LogP contribution in [0.4, 0.5) is 11.6 Å². The molecule has 5 heteroatoms. The molecule has 0 aromatic carbocycles. The molecule has 1 atom stereocenters. The molecule has 0 amide bonds. The van der Waals surface area contributed by atoms with E-state index >= 15 is 0 Å². The minimum Gasteiger partial charge on any atom is -0.370 e. The summed E-state index contributed by atoms with van der Waals surface area (Å²) in [6.07, 6.45) is 2.85. The summed E-state index contributed by atoms with van der Waals surface area (Å²) in [6, 6.07) is 0.563. The number of nitrogens with zero attached hydrogens (tertiary/aromatic N) is 2. The highest BCUT2D eigenvalue weighted by Crippen LogP contribution is 2.24. The predicted octanol–water partition coefficient (Wildman–Crippen LogP) is 2.13. The lowest BCUT2D eigenvalue weighted by Crippen LogP contribution is -2.20. The molecule has 0 saturated carbocycles. The van der Waals surface area contributed by atoms with Gasteiger partial charge >= 0.3 is 0 Å². The smallest absolute Gasteiger partial charge is 0.134 e. The molecular weight excluding hydrogens is 220 g/mol. The van der Waals surface area contributed by atoms with Crippen LogP contribution < -0.4 is 10.6 Å². The maximum Gasteiger partial charge on any atom is 0.134 e. The standard InChI is InChI=1S/C11H18N4S/c1-3-12-10-8(2)11(14-7-13-10)15-9-4-5-16-6-9/h7,9H,3-6H2,1-2H3,(H2,12,13,14,15). The van der Waals surface area contributed by atoms with Gasteiger partial charge in [0, 0.05) is 23.9 Å². The molecule has 16 heavy (non-hydrogen) atoms. The lowest BCUT2D eigenvalue weighted by molar-refractivity contribution is 0.803. The van der Waals surface area contributed by atoms with Crippen molar-refractivity contribution in [1.29, 1.82) is 0 Å². The Morgan fingerprint density at radius 3 is 2.94 bits per heavy atom. The van der Waals surface area contributed by atoms with Crippen LogP contribution >= 0.6 is 11.8 Å². The van der Waals surface area contributed by atoms with Crippen molar-refractivity contribution in [2.45, 2.75) is 26.3 Å². The van der Waals surface area contributed by atoms with Crippen LogP contribution in [0.2, 0.25) is 0 Å². The molecule has 1 fully saturated rings. The van der Waals surface area contributed by atoms with E-state index in [0.717, 1.165) is 23.7 Å². The molecule has 2 N–H and O–H groups in total. The van der Waals surface area contributed by atoms with E-state index in [2.05, 4.69) is 34.4 Å². The lowest BCUT2D eigenvalue weighted by atomic mass is 10.2. The Bertz CT molecular complexity index is 350. The van der Waals surface area contributed by atoms with Crippen molar-refractivity contribution in [3.8, 4) is 0 Å². The Balaban J connectivity index is 2.10. The van der Waals surface area contributed by atoms with Gasteiger partial charge in [-0.05, 0) is 26.0 Å². The number of rotatable bonds is 4. The molecule has 1 aliphatic rings. The molecule has 1 aromatic heterocycles. The monoisotopic (exact) mass is 238 g/mol. The van der Waals surface area contributed by atoms with Crippen LogP contribution in [0.25, 0.3) is 0 Å². The van der Waals surface area contributed by atoms with E-state index in [0.29, 0.717) is 6.04 Å². The molecule has 4 nitrogen and oxygen atoms in total. The van der Waals surface area contributed by atoms with Crippen molar-refractivity contribution in [3.05, 3.63) is 11.9 Å². The maximum atomic E-state index is 4.31. The van der Waals surface area contributed by atoms with Gasteiger partial charge in [0.1, 0.15) is 18.0 Å². The van der Waals surface area contributed by atoms with Crippen molar-refractivity contribution in [2.24, 2.45) is 0 Å². The topological polar surface area (TPSA) is 49.8 Å². The average molecular weight is 238 g/mol. The summed E-state index contributed by atoms with van der Waals surface area (Å²) in [4.78, 5) is 8.55. The summed E-state index contributed by atoms with van der Waals surface area (Å²) in [5, 5.41) is 6.74. The van der Waals surface area contributed by atoms with Crippen molar-refractivity contribution < 1.29 is 0 Å². The normalized spacial score (nSPS) is 19.8. The third-order valence-electron chi connectivity index (χ3n) is 2.70. The summed E-state index contributed by atoms with van der Waals surface area (Å²) < 4.78 is 0. The number of hydrogen-bond acceptors (Lipinski definition) is 5. The average Bonchev–Trinajstić information content (AvgIpc) is 2.77. The van der Waals surface area contributed by atoms with E-state index in [1.807, 2.05) is 11.8 Å². The maximum absolute atomic E-state index is 4.31. The molecule has 2 rings (SSSR count). The van der Waals surface area contributed by atoms with Gasteiger partial charge in [-0.15, -0.1) is 0 Å². The molecule has 1 aromatic rings. The van der Waals surface area contributed by atoms with Gasteiger partial charge in [-0.25, -0.2) is 9.97 Å². The summed E-state index contributed by atoms with van der Waals surface area (Å²) in [6.45, 7) is 5.02. The minimum atomic E-state index is 0.563. The van der Waals surface area contributed by atoms with E-state index in [-0.39, 0.29) is 0 Å². The van der Waals surface area contributed by atoms with Gasteiger partial charge in [-0.3, -0.25) is 0 Å². The summed E-state index contributed by atoms with van der Waals surface area (Å²) in [5.41, 5.74) is 1.11. The second kappa shape index (κ2) is 5.39. The molecular formula is C11H18N4S. The zero-order valence-corrected chi connectivity index (χ0v) is 10.6. The SMILES string of the molecule is CCNc1ncnc(NC2CCSC2)c1C. The fourth-order valence-corrected chi connectivity index (χ4v) is 2.94. The van der Waals surface area contributed by atoms with E-state index in [9.17, 15) is 0 Å². The van der Waals surface area contributed by atoms with Crippen LogP contribution in [0.3, 0.4) is 0 Å². The van der Waals surface area contributed by atoms with E-state index in [4.69, 9.17) is 0 Å². The number of hydrogen-bond donors (Lipinski definition) is 2. The van der Waals surface area contributed by atoms with Crippen LogP contribution in [0, 0.1) is 6.92 Å². The number of thioether (sulfide) groups is 1. The van der Waals surface area contributed by atoms with Gasteiger partial charge in [0.2, 0.25) is 0 Å². The van der Waals surface area contributed by atoms with Gasteiger partial charge in [0.25, 0.3) is 0 Å². The van der Waals surface area contributed by atoms with E-state index < -0.39 is 0 Å². The third-order valence-corrected chi connectivity index (χ3v) is 3.86. The number of aromatic nitrogens is 2. The van der Waals surface area contributed by atoms with Crippen molar-refractivity contribution in [1.82, 2.24) is 9.97 Å². The highest BCUT2D eigenvalue weighted by atomic mass is 32.2. The van der Waals surface area contributed by atoms with E-state index in [1.54, 1.807) is 6.33 Å². The van der Waals surface area contributed by atoms with Crippen molar-refractivity contribution in [2.75, 3.05) is 28.7 Å². The molecule has 1 aliphatic heterocycles. The lowest BCUT2D eigenvalue weighted by Gasteiger charge is -2.15. The van der Waals surface area contributed by atoms with Crippen LogP contribution in [0.15, 0.2) is 6.33 Å². The Morgan fingerprint density at radius 1 is 1.44 bits per heavy atom. The van der Waals surface area contributed by atoms with Crippen LogP contribution in [-0.2, 0) is 0 Å². The molecule has 0 bridgehead atoms. The second-order valence-corrected chi connectivity index (χ2v) is 5.08. The van der Waals surface area contributed by atoms with Crippen LogP contribution in [0.5, 0.6) is 0 Å². The zero-order chi connectivity index (χ0) is 11.4. The Labute approximate surface area is 101 Å². The highest BCUT2D eigenvalue weighted by molar-refractivity contribution is 7.99. The first-order chi connectivity index (χ1) is 7.81. The Hall–Kier alpha value is -0.970. The molecule has 0 aliphatic carbocycles. The van der Waals surface area contributed by atoms with Gasteiger partial charge in [0.15, 0.2) is 0 Å². The first-order valence-electron chi connectivity index (χ1n) is 5.71. The fourth-order valence-electron chi connectivity index (χ4n) is 1.78. The quantitative estimate of drug-likeness (QED) is 0.841. The summed E-state index contributed by atoms with van der Waals surface area (Å²) in [5.74, 6) is 4.34. The van der Waals surface area contributed by atoms with E-state index in [1.165, 1.54) is 17.9 Å². The Kier molecular flexibility index (Phi) is 3.88. The predicted molar refractivity (Wildman–Crippen MR) is 70.3 cm³/mol. The summed E-state index contributed by atoms with van der Waals surface area (Å²) in [7, 11) is 0. The van der Waals surface area contributed by atoms with Gasteiger partial charge in [0.05, 0.1) is 0 Å². The Morgan fingerprint density at radius 2 is 2.25 bits per heavy atom. The third kappa shape index (κ3) is 2.58. The minimum absolute atomic E-state index is 0.563. The second-order valence-electron chi connectivity index (χ2n) is 3.93. The zero-order valence-electron chi connectivity index (χ0n) is 9.79. The van der Waals surface area contributed by atoms with Gasteiger partial charge < -0.3 is 10.6 Å². The molecule has 0 spiro atoms. The number of nitrogens with one attached hydrogen (secondary N) is 2. The van der Waals surface area contributed by atoms with Crippen LogP contribution in [0.1, 0.15) is 18.9 Å². The largest absolute Gasteiger partial charge is 0.370 e. The molecule has 0 radical (unpaired) electrons. The first kappa shape index (κ1) is 11.5. The summed E-state index contributed by atoms with van der Waals surface area (Å²) >= 11 is 2.00. The van der Waals surface area contributed by atoms with Gasteiger partial charge in [-0.2, -0.15) is 11.8 Å². The first-order valence-corrected chi connectivity index (χ1v) is 6.86. The molecule has 88 valence electrons. The molecule has 1 unspecified atom stereocenters. The number of anilines is 2. The fraction of sp³-hybridized carbons (Fsp3) is 0.636. The molecule has 2 heterocycles. The molecule has 1 saturated heterocycles.